The summed E-state index contributed by atoms with van der Waals surface area (Å²) in [5, 5.41) is -1.12. The maximum atomic E-state index is 13.4. The van der Waals surface area contributed by atoms with Gasteiger partial charge in [0.25, 0.3) is 0 Å². The molecule has 0 N–H and O–H groups in total. The molecule has 0 amide bonds. The summed E-state index contributed by atoms with van der Waals surface area (Å²) in [6.07, 6.45) is 0. The van der Waals surface area contributed by atoms with Crippen LogP contribution in [0.25, 0.3) is 0 Å². The zero-order valence-corrected chi connectivity index (χ0v) is 9.56. The maximum absolute atomic E-state index is 13.4. The van der Waals surface area contributed by atoms with Gasteiger partial charge in [-0.2, -0.15) is 0 Å². The lowest BCUT2D eigenvalue weighted by atomic mass is 10.1. The molecule has 90 valence electrons. The van der Waals surface area contributed by atoms with E-state index in [1.807, 2.05) is 0 Å². The number of rotatable bonds is 2. The summed E-state index contributed by atoms with van der Waals surface area (Å²) in [5.41, 5.74) is -0.414. The van der Waals surface area contributed by atoms with Gasteiger partial charge in [0.15, 0.2) is 0 Å². The highest BCUT2D eigenvalue weighted by Gasteiger charge is 2.23. The molecule has 0 aliphatic heterocycles. The molecule has 1 atom stereocenters. The van der Waals surface area contributed by atoms with Gasteiger partial charge < -0.3 is 4.42 Å². The molecular formula is C12H8ClF3O. The lowest BCUT2D eigenvalue weighted by Gasteiger charge is -2.09. The second kappa shape index (κ2) is 4.45. The Bertz CT molecular complexity index is 527. The summed E-state index contributed by atoms with van der Waals surface area (Å²) in [5.74, 6) is -2.25. The average molecular weight is 261 g/mol. The van der Waals surface area contributed by atoms with Gasteiger partial charge in [-0.3, -0.25) is 0 Å². The number of benzene rings is 1. The summed E-state index contributed by atoms with van der Waals surface area (Å²) in [7, 11) is 0. The van der Waals surface area contributed by atoms with Gasteiger partial charge in [-0.1, -0.05) is 0 Å². The van der Waals surface area contributed by atoms with Crippen LogP contribution >= 0.6 is 11.6 Å². The van der Waals surface area contributed by atoms with E-state index in [4.69, 9.17) is 16.0 Å². The van der Waals surface area contributed by atoms with Crippen LogP contribution in [0, 0.1) is 24.4 Å². The fraction of sp³-hybridized carbons (Fsp3) is 0.167. The molecule has 0 spiro atoms. The molecule has 17 heavy (non-hydrogen) atoms. The minimum Gasteiger partial charge on any atom is -0.464 e. The first kappa shape index (κ1) is 12.0. The molecule has 2 rings (SSSR count). The van der Waals surface area contributed by atoms with Crippen molar-refractivity contribution in [2.75, 3.05) is 0 Å². The van der Waals surface area contributed by atoms with Gasteiger partial charge in [-0.15, -0.1) is 11.6 Å². The molecule has 2 aromatic rings. The van der Waals surface area contributed by atoms with Crippen molar-refractivity contribution >= 4 is 11.6 Å². The van der Waals surface area contributed by atoms with Crippen LogP contribution in [0.15, 0.2) is 28.7 Å². The third-order valence-corrected chi connectivity index (χ3v) is 2.74. The molecule has 1 aromatic carbocycles. The Hall–Kier alpha value is -1.42. The molecule has 1 heterocycles. The van der Waals surface area contributed by atoms with Crippen LogP contribution < -0.4 is 0 Å². The standard InChI is InChI=1S/C12H8ClF3O/c1-6-2-3-10(17-6)12(13)11-8(15)4-7(14)5-9(11)16/h2-5,12H,1H3. The second-order valence-electron chi connectivity index (χ2n) is 3.59. The molecule has 0 aliphatic rings. The zero-order chi connectivity index (χ0) is 12.6. The lowest BCUT2D eigenvalue weighted by Crippen LogP contribution is -2.01. The molecule has 1 unspecified atom stereocenters. The Morgan fingerprint density at radius 3 is 2.18 bits per heavy atom. The molecule has 0 aliphatic carbocycles. The van der Waals surface area contributed by atoms with Crippen molar-refractivity contribution in [2.45, 2.75) is 12.3 Å². The Morgan fingerprint density at radius 2 is 1.71 bits per heavy atom. The van der Waals surface area contributed by atoms with E-state index in [1.54, 1.807) is 13.0 Å². The third kappa shape index (κ3) is 2.31. The number of aryl methyl sites for hydroxylation is 1. The minimum absolute atomic E-state index is 0.216. The number of halogens is 4. The van der Waals surface area contributed by atoms with Gasteiger partial charge in [0.1, 0.15) is 34.3 Å². The Balaban J connectivity index is 2.47. The Labute approximate surface area is 101 Å². The van der Waals surface area contributed by atoms with Crippen LogP contribution in [0.4, 0.5) is 13.2 Å². The van der Waals surface area contributed by atoms with Crippen molar-refractivity contribution < 1.29 is 17.6 Å². The lowest BCUT2D eigenvalue weighted by molar-refractivity contribution is 0.472. The van der Waals surface area contributed by atoms with Crippen LogP contribution in [-0.2, 0) is 0 Å². The fourth-order valence-electron chi connectivity index (χ4n) is 1.53. The van der Waals surface area contributed by atoms with Crippen molar-refractivity contribution in [1.82, 2.24) is 0 Å². The topological polar surface area (TPSA) is 13.1 Å². The third-order valence-electron chi connectivity index (χ3n) is 2.31. The van der Waals surface area contributed by atoms with Crippen molar-refractivity contribution in [3.05, 3.63) is 58.8 Å². The first-order valence-corrected chi connectivity index (χ1v) is 5.27. The highest BCUT2D eigenvalue weighted by molar-refractivity contribution is 6.22. The number of furan rings is 1. The molecule has 0 saturated heterocycles. The first-order chi connectivity index (χ1) is 7.99. The van der Waals surface area contributed by atoms with Gasteiger partial charge in [0, 0.05) is 17.7 Å². The summed E-state index contributed by atoms with van der Waals surface area (Å²) >= 11 is 5.91. The molecule has 1 nitrogen and oxygen atoms in total. The fourth-order valence-corrected chi connectivity index (χ4v) is 1.85. The van der Waals surface area contributed by atoms with Crippen LogP contribution in [0.5, 0.6) is 0 Å². The van der Waals surface area contributed by atoms with Crippen molar-refractivity contribution in [2.24, 2.45) is 0 Å². The van der Waals surface area contributed by atoms with Crippen molar-refractivity contribution in [1.29, 1.82) is 0 Å². The number of alkyl halides is 1. The smallest absolute Gasteiger partial charge is 0.134 e. The van der Waals surface area contributed by atoms with E-state index in [9.17, 15) is 13.2 Å². The largest absolute Gasteiger partial charge is 0.464 e. The molecule has 0 radical (unpaired) electrons. The summed E-state index contributed by atoms with van der Waals surface area (Å²) < 4.78 is 44.8. The van der Waals surface area contributed by atoms with Gasteiger partial charge in [0.05, 0.1) is 0 Å². The van der Waals surface area contributed by atoms with Gasteiger partial charge >= 0.3 is 0 Å². The van der Waals surface area contributed by atoms with E-state index in [1.165, 1.54) is 6.07 Å². The van der Waals surface area contributed by atoms with Crippen LogP contribution in [-0.4, -0.2) is 0 Å². The highest BCUT2D eigenvalue weighted by atomic mass is 35.5. The average Bonchev–Trinajstić information content (AvgIpc) is 2.63. The maximum Gasteiger partial charge on any atom is 0.134 e. The Morgan fingerprint density at radius 1 is 1.12 bits per heavy atom. The molecular weight excluding hydrogens is 253 g/mol. The SMILES string of the molecule is Cc1ccc(C(Cl)c2c(F)cc(F)cc2F)o1. The van der Waals surface area contributed by atoms with E-state index < -0.39 is 28.4 Å². The van der Waals surface area contributed by atoms with Gasteiger partial charge in [-0.25, -0.2) is 13.2 Å². The van der Waals surface area contributed by atoms with Gasteiger partial charge in [-0.05, 0) is 19.1 Å². The molecule has 0 fully saturated rings. The van der Waals surface area contributed by atoms with E-state index in [0.29, 0.717) is 17.9 Å². The predicted octanol–water partition coefficient (Wildman–Crippen LogP) is 4.33. The van der Waals surface area contributed by atoms with E-state index in [0.717, 1.165) is 0 Å². The van der Waals surface area contributed by atoms with E-state index in [-0.39, 0.29) is 5.76 Å². The Kier molecular flexibility index (Phi) is 3.15. The molecule has 0 saturated carbocycles. The second-order valence-corrected chi connectivity index (χ2v) is 4.03. The zero-order valence-electron chi connectivity index (χ0n) is 8.81. The monoisotopic (exact) mass is 260 g/mol. The van der Waals surface area contributed by atoms with Crippen LogP contribution in [0.1, 0.15) is 22.5 Å². The van der Waals surface area contributed by atoms with Gasteiger partial charge in [0.2, 0.25) is 0 Å². The quantitative estimate of drug-likeness (QED) is 0.733. The summed E-state index contributed by atoms with van der Waals surface area (Å²) in [6, 6.07) is 4.33. The molecule has 5 heteroatoms. The summed E-state index contributed by atoms with van der Waals surface area (Å²) in [6.45, 7) is 1.69. The summed E-state index contributed by atoms with van der Waals surface area (Å²) in [4.78, 5) is 0. The van der Waals surface area contributed by atoms with E-state index >= 15 is 0 Å². The molecule has 0 bridgehead atoms. The van der Waals surface area contributed by atoms with Crippen LogP contribution in [0.2, 0.25) is 0 Å². The molecule has 1 aromatic heterocycles. The van der Waals surface area contributed by atoms with E-state index in [2.05, 4.69) is 0 Å². The number of hydrogen-bond donors (Lipinski definition) is 0. The van der Waals surface area contributed by atoms with Crippen molar-refractivity contribution in [3.8, 4) is 0 Å². The normalized spacial score (nSPS) is 12.8. The minimum atomic E-state index is -1.12. The predicted molar refractivity (Wildman–Crippen MR) is 57.5 cm³/mol. The highest BCUT2D eigenvalue weighted by Crippen LogP contribution is 2.33. The van der Waals surface area contributed by atoms with Crippen molar-refractivity contribution in [3.63, 3.8) is 0 Å². The van der Waals surface area contributed by atoms with Crippen LogP contribution in [0.3, 0.4) is 0 Å². The number of hydrogen-bond acceptors (Lipinski definition) is 1. The first-order valence-electron chi connectivity index (χ1n) is 4.84.